The second-order valence-corrected chi connectivity index (χ2v) is 8.94. The van der Waals surface area contributed by atoms with Gasteiger partial charge in [0.25, 0.3) is 5.91 Å². The van der Waals surface area contributed by atoms with Crippen LogP contribution < -0.4 is 0 Å². The minimum atomic E-state index is -0.484. The van der Waals surface area contributed by atoms with Crippen molar-refractivity contribution in [3.63, 3.8) is 0 Å². The lowest BCUT2D eigenvalue weighted by Crippen LogP contribution is -2.50. The van der Waals surface area contributed by atoms with E-state index < -0.39 is 18.3 Å². The first-order valence-corrected chi connectivity index (χ1v) is 10.3. The number of hydrogen-bond donors (Lipinski definition) is 1. The zero-order chi connectivity index (χ0) is 21.1. The Morgan fingerprint density at radius 2 is 2.10 bits per heavy atom. The van der Waals surface area contributed by atoms with Crippen LogP contribution in [0.4, 0.5) is 4.79 Å². The first kappa shape index (κ1) is 20.2. The number of likely N-dealkylation sites (N-methyl/N-ethyl adjacent to an activating group) is 1. The molecule has 2 aliphatic carbocycles. The molecule has 1 fully saturated rings. The van der Waals surface area contributed by atoms with E-state index in [9.17, 15) is 14.7 Å². The number of carbonyl (C=O) groups is 2. The summed E-state index contributed by atoms with van der Waals surface area (Å²) in [5.74, 6) is 0.0312. The maximum absolute atomic E-state index is 12.7. The molecule has 1 N–H and O–H groups in total. The van der Waals surface area contributed by atoms with Crippen LogP contribution in [0.5, 0.6) is 0 Å². The van der Waals surface area contributed by atoms with Crippen LogP contribution in [0.2, 0.25) is 0 Å². The number of carbonyl (C=O) groups excluding carboxylic acids is 2. The van der Waals surface area contributed by atoms with Gasteiger partial charge in [0.2, 0.25) is 0 Å². The number of fused-ring (bicyclic) bond motifs is 2. The van der Waals surface area contributed by atoms with Crippen LogP contribution in [-0.2, 0) is 14.3 Å². The molecule has 0 radical (unpaired) electrons. The summed E-state index contributed by atoms with van der Waals surface area (Å²) in [6.07, 6.45) is 3.73. The number of β-amino-alcohol motifs (C(OH)–C–C–N with tert-alkyl or cyclic N) is 1. The number of amides is 2. The van der Waals surface area contributed by atoms with Crippen molar-refractivity contribution in [2.45, 2.75) is 51.9 Å². The van der Waals surface area contributed by atoms with Gasteiger partial charge in [0, 0.05) is 49.9 Å². The second kappa shape index (κ2) is 6.99. The Labute approximate surface area is 171 Å². The van der Waals surface area contributed by atoms with Crippen LogP contribution in [0.25, 0.3) is 0 Å². The van der Waals surface area contributed by atoms with Crippen molar-refractivity contribution in [1.82, 2.24) is 9.80 Å². The summed E-state index contributed by atoms with van der Waals surface area (Å²) >= 11 is 0. The van der Waals surface area contributed by atoms with Crippen molar-refractivity contribution < 1.29 is 24.2 Å². The Kier molecular flexibility index (Phi) is 4.86. The fourth-order valence-electron chi connectivity index (χ4n) is 5.12. The van der Waals surface area contributed by atoms with Crippen molar-refractivity contribution in [2.75, 3.05) is 27.2 Å². The molecule has 7 nitrogen and oxygen atoms in total. The maximum atomic E-state index is 12.7. The highest BCUT2D eigenvalue weighted by molar-refractivity contribution is 6.00. The van der Waals surface area contributed by atoms with Gasteiger partial charge in [-0.15, -0.1) is 0 Å². The average molecular weight is 402 g/mol. The minimum Gasteiger partial charge on any atom is -0.443 e. The highest BCUT2D eigenvalue weighted by atomic mass is 16.6. The molecule has 7 heteroatoms. The molecule has 1 saturated heterocycles. The molecule has 2 heterocycles. The number of ether oxygens (including phenoxy) is 2. The molecule has 0 bridgehead atoms. The molecular formula is C22H30N2O5. The van der Waals surface area contributed by atoms with Crippen molar-refractivity contribution in [3.05, 3.63) is 34.6 Å². The standard InChI is InChI=1S/C22H30N2O5/c1-12-16-10-22(3)13(2)19(29-21(27)24-7-6-15(25)11-24)18(28-5)9-14(22)8-17(16)23(4)20(12)26/h8-9,13,15,18-19,25H,6-7,10-11H2,1-5H3. The van der Waals surface area contributed by atoms with Gasteiger partial charge in [0.05, 0.1) is 6.10 Å². The van der Waals surface area contributed by atoms with Crippen molar-refractivity contribution in [2.24, 2.45) is 11.3 Å². The third-order valence-corrected chi connectivity index (χ3v) is 7.34. The first-order valence-electron chi connectivity index (χ1n) is 10.3. The summed E-state index contributed by atoms with van der Waals surface area (Å²) < 4.78 is 11.6. The van der Waals surface area contributed by atoms with E-state index in [1.165, 1.54) is 0 Å². The van der Waals surface area contributed by atoms with Gasteiger partial charge >= 0.3 is 6.09 Å². The van der Waals surface area contributed by atoms with E-state index in [1.54, 1.807) is 16.9 Å². The lowest BCUT2D eigenvalue weighted by atomic mass is 9.59. The molecule has 0 aromatic carbocycles. The Balaban J connectivity index is 1.66. The van der Waals surface area contributed by atoms with Gasteiger partial charge in [0.15, 0.2) is 0 Å². The van der Waals surface area contributed by atoms with E-state index >= 15 is 0 Å². The lowest BCUT2D eigenvalue weighted by Gasteiger charge is -2.49. The van der Waals surface area contributed by atoms with Crippen LogP contribution in [0.15, 0.2) is 34.6 Å². The van der Waals surface area contributed by atoms with Gasteiger partial charge in [-0.2, -0.15) is 0 Å². The Hall–Kier alpha value is -2.12. The van der Waals surface area contributed by atoms with Crippen molar-refractivity contribution in [1.29, 1.82) is 0 Å². The molecule has 4 aliphatic rings. The highest BCUT2D eigenvalue weighted by Crippen LogP contribution is 2.54. The van der Waals surface area contributed by atoms with E-state index in [2.05, 4.69) is 19.9 Å². The van der Waals surface area contributed by atoms with Gasteiger partial charge in [-0.1, -0.05) is 13.8 Å². The molecule has 0 spiro atoms. The molecular weight excluding hydrogens is 372 g/mol. The minimum absolute atomic E-state index is 0.0111. The summed E-state index contributed by atoms with van der Waals surface area (Å²) in [4.78, 5) is 28.4. The molecule has 0 aromatic heterocycles. The zero-order valence-corrected chi connectivity index (χ0v) is 17.8. The van der Waals surface area contributed by atoms with Crippen LogP contribution in [0.3, 0.4) is 0 Å². The van der Waals surface area contributed by atoms with Gasteiger partial charge in [-0.25, -0.2) is 4.79 Å². The number of rotatable bonds is 2. The molecule has 5 atom stereocenters. The van der Waals surface area contributed by atoms with E-state index in [0.717, 1.165) is 28.8 Å². The molecule has 5 unspecified atom stereocenters. The van der Waals surface area contributed by atoms with Crippen LogP contribution in [0.1, 0.15) is 33.6 Å². The molecule has 2 aliphatic heterocycles. The lowest BCUT2D eigenvalue weighted by molar-refractivity contribution is -0.123. The normalized spacial score (nSPS) is 36.7. The highest BCUT2D eigenvalue weighted by Gasteiger charge is 2.51. The van der Waals surface area contributed by atoms with E-state index in [1.807, 2.05) is 20.0 Å². The predicted octanol–water partition coefficient (Wildman–Crippen LogP) is 2.23. The third kappa shape index (κ3) is 3.02. The van der Waals surface area contributed by atoms with Crippen molar-refractivity contribution >= 4 is 12.0 Å². The Bertz CT molecular complexity index is 844. The largest absolute Gasteiger partial charge is 0.443 e. The van der Waals surface area contributed by atoms with Gasteiger partial charge in [0.1, 0.15) is 12.2 Å². The molecule has 0 aromatic rings. The SMILES string of the molecule is COC1C=C2C=C3C(=C(C)C(=O)N3C)CC2(C)C(C)C1OC(=O)N1CCC(O)C1. The fraction of sp³-hybridized carbons (Fsp3) is 0.636. The topological polar surface area (TPSA) is 79.3 Å². The fourth-order valence-corrected chi connectivity index (χ4v) is 5.12. The summed E-state index contributed by atoms with van der Waals surface area (Å²) in [7, 11) is 3.43. The summed E-state index contributed by atoms with van der Waals surface area (Å²) in [5, 5.41) is 9.73. The van der Waals surface area contributed by atoms with Crippen molar-refractivity contribution in [3.8, 4) is 0 Å². The zero-order valence-electron chi connectivity index (χ0n) is 17.8. The molecule has 2 amide bonds. The summed E-state index contributed by atoms with van der Waals surface area (Å²) in [6.45, 7) is 6.96. The number of likely N-dealkylation sites (tertiary alicyclic amines) is 1. The summed E-state index contributed by atoms with van der Waals surface area (Å²) in [6, 6.07) is 0. The maximum Gasteiger partial charge on any atom is 0.410 e. The molecule has 158 valence electrons. The monoisotopic (exact) mass is 402 g/mol. The summed E-state index contributed by atoms with van der Waals surface area (Å²) in [5.41, 5.74) is 3.68. The quantitative estimate of drug-likeness (QED) is 0.766. The van der Waals surface area contributed by atoms with Gasteiger partial charge in [-0.05, 0) is 43.1 Å². The Morgan fingerprint density at radius 1 is 1.38 bits per heavy atom. The van der Waals surface area contributed by atoms with Crippen LogP contribution >= 0.6 is 0 Å². The van der Waals surface area contributed by atoms with Crippen LogP contribution in [-0.4, -0.2) is 72.5 Å². The van der Waals surface area contributed by atoms with E-state index in [4.69, 9.17) is 9.47 Å². The van der Waals surface area contributed by atoms with E-state index in [-0.39, 0.29) is 23.3 Å². The average Bonchev–Trinajstić information content (AvgIpc) is 3.21. The predicted molar refractivity (Wildman–Crippen MR) is 107 cm³/mol. The number of hydrogen-bond acceptors (Lipinski definition) is 5. The third-order valence-electron chi connectivity index (χ3n) is 7.34. The first-order chi connectivity index (χ1) is 13.7. The Morgan fingerprint density at radius 3 is 2.72 bits per heavy atom. The van der Waals surface area contributed by atoms with E-state index in [0.29, 0.717) is 19.5 Å². The smallest absolute Gasteiger partial charge is 0.410 e. The number of aliphatic hydroxyl groups is 1. The van der Waals surface area contributed by atoms with Gasteiger partial charge in [-0.3, -0.25) is 4.79 Å². The van der Waals surface area contributed by atoms with Gasteiger partial charge < -0.3 is 24.4 Å². The second-order valence-electron chi connectivity index (χ2n) is 8.94. The number of methoxy groups -OCH3 is 1. The molecule has 29 heavy (non-hydrogen) atoms. The number of aliphatic hydroxyl groups excluding tert-OH is 1. The number of nitrogens with zero attached hydrogens (tertiary/aromatic N) is 2. The van der Waals surface area contributed by atoms with Crippen LogP contribution in [0, 0.1) is 11.3 Å². The molecule has 4 rings (SSSR count). The number of allylic oxidation sites excluding steroid dienone is 3. The molecule has 0 saturated carbocycles.